The summed E-state index contributed by atoms with van der Waals surface area (Å²) in [4.78, 5) is 18.2. The molecule has 0 atom stereocenters. The first-order valence-electron chi connectivity index (χ1n) is 11.0. The molecule has 2 heterocycles. The zero-order chi connectivity index (χ0) is 23.0. The molecule has 1 amide bonds. The van der Waals surface area contributed by atoms with Crippen molar-refractivity contribution in [2.75, 3.05) is 13.1 Å². The summed E-state index contributed by atoms with van der Waals surface area (Å²) in [6.45, 7) is 10.1. The zero-order valence-corrected chi connectivity index (χ0v) is 20.6. The van der Waals surface area contributed by atoms with Crippen LogP contribution in [-0.2, 0) is 16.6 Å². The Balaban J connectivity index is 1.65. The third kappa shape index (κ3) is 4.19. The van der Waals surface area contributed by atoms with E-state index < -0.39 is 10.0 Å². The standard InChI is InChI=1S/C24H29N3O3S2/c1-5-27-21-17(3)6-7-18(4)22(21)31-24(27)25-23(28)19-8-10-20(11-9-19)32(29,30)26-14-12-16(2)13-15-26/h6-11,16H,5,12-15H2,1-4H3. The molecule has 1 aliphatic heterocycles. The minimum atomic E-state index is -3.53. The molecule has 6 nitrogen and oxygen atoms in total. The van der Waals surface area contributed by atoms with Gasteiger partial charge in [-0.1, -0.05) is 30.4 Å². The number of rotatable bonds is 4. The quantitative estimate of drug-likeness (QED) is 0.562. The first-order chi connectivity index (χ1) is 15.2. The number of piperidine rings is 1. The number of aromatic nitrogens is 1. The normalized spacial score (nSPS) is 16.7. The van der Waals surface area contributed by atoms with Gasteiger partial charge < -0.3 is 4.57 Å². The fourth-order valence-corrected chi connectivity index (χ4v) is 6.86. The molecule has 0 radical (unpaired) electrons. The highest BCUT2D eigenvalue weighted by molar-refractivity contribution is 7.89. The summed E-state index contributed by atoms with van der Waals surface area (Å²) in [5.41, 5.74) is 3.80. The topological polar surface area (TPSA) is 71.7 Å². The van der Waals surface area contributed by atoms with Crippen LogP contribution in [0.1, 0.15) is 48.2 Å². The van der Waals surface area contributed by atoms with Gasteiger partial charge in [-0.15, -0.1) is 0 Å². The Labute approximate surface area is 193 Å². The molecule has 1 saturated heterocycles. The maximum Gasteiger partial charge on any atom is 0.279 e. The number of carbonyl (C=O) groups excluding carboxylic acids is 1. The molecule has 32 heavy (non-hydrogen) atoms. The Hall–Kier alpha value is -2.29. The van der Waals surface area contributed by atoms with Crippen molar-refractivity contribution in [2.24, 2.45) is 10.9 Å². The second kappa shape index (κ2) is 8.92. The Bertz CT molecular complexity index is 1330. The van der Waals surface area contributed by atoms with Gasteiger partial charge in [-0.2, -0.15) is 9.30 Å². The van der Waals surface area contributed by atoms with Crippen LogP contribution in [0.5, 0.6) is 0 Å². The van der Waals surface area contributed by atoms with Crippen molar-refractivity contribution in [3.8, 4) is 0 Å². The van der Waals surface area contributed by atoms with Crippen LogP contribution in [0.2, 0.25) is 0 Å². The number of carbonyl (C=O) groups is 1. The number of hydrogen-bond acceptors (Lipinski definition) is 4. The predicted molar refractivity (Wildman–Crippen MR) is 128 cm³/mol. The van der Waals surface area contributed by atoms with Gasteiger partial charge in [0.2, 0.25) is 10.0 Å². The van der Waals surface area contributed by atoms with Crippen molar-refractivity contribution < 1.29 is 13.2 Å². The maximum absolute atomic E-state index is 12.9. The summed E-state index contributed by atoms with van der Waals surface area (Å²) in [6, 6.07) is 10.3. The lowest BCUT2D eigenvalue weighted by molar-refractivity contribution is 0.0997. The molecule has 3 aromatic rings. The molecule has 0 spiro atoms. The maximum atomic E-state index is 12.9. The van der Waals surface area contributed by atoms with Crippen molar-refractivity contribution in [3.05, 3.63) is 57.9 Å². The van der Waals surface area contributed by atoms with Crippen LogP contribution in [0.3, 0.4) is 0 Å². The highest BCUT2D eigenvalue weighted by Gasteiger charge is 2.28. The van der Waals surface area contributed by atoms with Gasteiger partial charge in [-0.25, -0.2) is 8.42 Å². The Morgan fingerprint density at radius 2 is 1.69 bits per heavy atom. The van der Waals surface area contributed by atoms with Gasteiger partial charge in [0.1, 0.15) is 0 Å². The summed E-state index contributed by atoms with van der Waals surface area (Å²) < 4.78 is 30.6. The van der Waals surface area contributed by atoms with Crippen LogP contribution in [-0.4, -0.2) is 36.3 Å². The van der Waals surface area contributed by atoms with Gasteiger partial charge in [-0.05, 0) is 74.9 Å². The fraction of sp³-hybridized carbons (Fsp3) is 0.417. The number of fused-ring (bicyclic) bond motifs is 1. The van der Waals surface area contributed by atoms with E-state index in [4.69, 9.17) is 0 Å². The van der Waals surface area contributed by atoms with Crippen LogP contribution < -0.4 is 4.80 Å². The largest absolute Gasteiger partial charge is 0.316 e. The van der Waals surface area contributed by atoms with E-state index in [2.05, 4.69) is 42.5 Å². The molecular weight excluding hydrogens is 442 g/mol. The summed E-state index contributed by atoms with van der Waals surface area (Å²) in [7, 11) is -3.53. The van der Waals surface area contributed by atoms with E-state index in [0.29, 0.717) is 35.9 Å². The number of amides is 1. The van der Waals surface area contributed by atoms with Crippen LogP contribution in [0.4, 0.5) is 0 Å². The molecule has 0 saturated carbocycles. The van der Waals surface area contributed by atoms with Gasteiger partial charge in [0.15, 0.2) is 4.80 Å². The molecule has 2 aromatic carbocycles. The number of sulfonamides is 1. The van der Waals surface area contributed by atoms with Gasteiger partial charge in [-0.3, -0.25) is 4.79 Å². The molecule has 0 N–H and O–H groups in total. The van der Waals surface area contributed by atoms with E-state index in [-0.39, 0.29) is 10.8 Å². The number of nitrogens with zero attached hydrogens (tertiary/aromatic N) is 3. The molecular formula is C24H29N3O3S2. The Kier molecular flexibility index (Phi) is 6.38. The predicted octanol–water partition coefficient (Wildman–Crippen LogP) is 4.50. The van der Waals surface area contributed by atoms with E-state index in [1.165, 1.54) is 23.5 Å². The molecule has 1 fully saturated rings. The first-order valence-corrected chi connectivity index (χ1v) is 13.3. The van der Waals surface area contributed by atoms with Crippen molar-refractivity contribution in [1.29, 1.82) is 0 Å². The van der Waals surface area contributed by atoms with Gasteiger partial charge in [0, 0.05) is 25.2 Å². The lowest BCUT2D eigenvalue weighted by Gasteiger charge is -2.29. The lowest BCUT2D eigenvalue weighted by Crippen LogP contribution is -2.37. The molecule has 0 unspecified atom stereocenters. The molecule has 8 heteroatoms. The molecule has 170 valence electrons. The van der Waals surface area contributed by atoms with Gasteiger partial charge >= 0.3 is 0 Å². The first kappa shape index (κ1) is 22.9. The molecule has 0 bridgehead atoms. The smallest absolute Gasteiger partial charge is 0.279 e. The highest BCUT2D eigenvalue weighted by Crippen LogP contribution is 2.26. The highest BCUT2D eigenvalue weighted by atomic mass is 32.2. The average molecular weight is 472 g/mol. The summed E-state index contributed by atoms with van der Waals surface area (Å²) >= 11 is 1.51. The van der Waals surface area contributed by atoms with E-state index in [9.17, 15) is 13.2 Å². The summed E-state index contributed by atoms with van der Waals surface area (Å²) in [5.74, 6) is 0.181. The second-order valence-electron chi connectivity index (χ2n) is 8.53. The van der Waals surface area contributed by atoms with E-state index in [1.807, 2.05) is 6.92 Å². The molecule has 1 aliphatic rings. The third-order valence-corrected chi connectivity index (χ3v) is 9.35. The van der Waals surface area contributed by atoms with Crippen LogP contribution >= 0.6 is 11.3 Å². The summed E-state index contributed by atoms with van der Waals surface area (Å²) in [6.07, 6.45) is 1.75. The fourth-order valence-electron chi connectivity index (χ4n) is 4.15. The Morgan fingerprint density at radius 1 is 1.06 bits per heavy atom. The van der Waals surface area contributed by atoms with Crippen molar-refractivity contribution >= 4 is 37.5 Å². The number of benzene rings is 2. The minimum Gasteiger partial charge on any atom is -0.316 e. The van der Waals surface area contributed by atoms with Gasteiger partial charge in [0.05, 0.1) is 15.1 Å². The molecule has 4 rings (SSSR count). The second-order valence-corrected chi connectivity index (χ2v) is 11.4. The van der Waals surface area contributed by atoms with Crippen molar-refractivity contribution in [1.82, 2.24) is 8.87 Å². The van der Waals surface area contributed by atoms with Crippen molar-refractivity contribution in [3.63, 3.8) is 0 Å². The number of thiazole rings is 1. The van der Waals surface area contributed by atoms with Crippen molar-refractivity contribution in [2.45, 2.75) is 52.0 Å². The Morgan fingerprint density at radius 3 is 2.31 bits per heavy atom. The number of aryl methyl sites for hydroxylation is 3. The minimum absolute atomic E-state index is 0.223. The average Bonchev–Trinajstić information content (AvgIpc) is 3.16. The van der Waals surface area contributed by atoms with Crippen LogP contribution in [0.15, 0.2) is 46.3 Å². The zero-order valence-electron chi connectivity index (χ0n) is 19.0. The third-order valence-electron chi connectivity index (χ3n) is 6.22. The van der Waals surface area contributed by atoms with Crippen LogP contribution in [0.25, 0.3) is 10.2 Å². The lowest BCUT2D eigenvalue weighted by atomic mass is 10.0. The van der Waals surface area contributed by atoms with Crippen LogP contribution in [0, 0.1) is 19.8 Å². The summed E-state index contributed by atoms with van der Waals surface area (Å²) in [5, 5.41) is 0. The molecule has 1 aromatic heterocycles. The van der Waals surface area contributed by atoms with E-state index in [0.717, 1.165) is 34.2 Å². The molecule has 0 aliphatic carbocycles. The number of hydrogen-bond donors (Lipinski definition) is 0. The van der Waals surface area contributed by atoms with E-state index >= 15 is 0 Å². The van der Waals surface area contributed by atoms with Gasteiger partial charge in [0.25, 0.3) is 5.91 Å². The van der Waals surface area contributed by atoms with E-state index in [1.54, 1.807) is 16.4 Å². The monoisotopic (exact) mass is 471 g/mol. The SMILES string of the molecule is CCn1c(=NC(=O)c2ccc(S(=O)(=O)N3CCC(C)CC3)cc2)sc2c(C)ccc(C)c21.